The molecule has 0 aliphatic carbocycles. The number of hydrogen-bond donors (Lipinski definition) is 3. The molecule has 0 bridgehead atoms. The molecule has 1 aromatic carbocycles. The topological polar surface area (TPSA) is 95.9 Å². The minimum Gasteiger partial charge on any atom is -1.00 e. The third-order valence-electron chi connectivity index (χ3n) is 3.58. The predicted octanol–water partition coefficient (Wildman–Crippen LogP) is -3.76. The number of H-pyrrole nitrogens is 2. The summed E-state index contributed by atoms with van der Waals surface area (Å²) in [6, 6.07) is 5.76. The molecule has 0 aliphatic heterocycles. The molecular weight excluding hydrogens is 318 g/mol. The Labute approximate surface area is 138 Å². The maximum Gasteiger partial charge on any atom is 0.327 e. The van der Waals surface area contributed by atoms with E-state index in [9.17, 15) is 9.59 Å². The van der Waals surface area contributed by atoms with Gasteiger partial charge < -0.3 is 17.3 Å². The summed E-state index contributed by atoms with van der Waals surface area (Å²) in [6.45, 7) is 1.06. The van der Waals surface area contributed by atoms with E-state index in [4.69, 9.17) is 0 Å². The first kappa shape index (κ1) is 17.1. The quantitative estimate of drug-likeness (QED) is 0.427. The lowest BCUT2D eigenvalue weighted by Crippen LogP contribution is -3.05. The Morgan fingerprint density at radius 2 is 1.87 bits per heavy atom. The molecule has 2 aromatic heterocycles. The molecule has 0 saturated heterocycles. The van der Waals surface area contributed by atoms with Crippen molar-refractivity contribution in [3.63, 3.8) is 0 Å². The maximum atomic E-state index is 11.8. The van der Waals surface area contributed by atoms with Gasteiger partial charge in [0.15, 0.2) is 11.2 Å². The highest BCUT2D eigenvalue weighted by atomic mass is 35.5. The maximum absolute atomic E-state index is 11.8. The fourth-order valence-corrected chi connectivity index (χ4v) is 2.52. The molecule has 0 unspecified atom stereocenters. The Kier molecular flexibility index (Phi) is 5.12. The molecule has 0 saturated carbocycles. The van der Waals surface area contributed by atoms with E-state index in [1.54, 1.807) is 0 Å². The zero-order valence-electron chi connectivity index (χ0n) is 12.9. The Balaban J connectivity index is 0.00000192. The second kappa shape index (κ2) is 6.89. The highest BCUT2D eigenvalue weighted by Gasteiger charge is 2.09. The van der Waals surface area contributed by atoms with Crippen molar-refractivity contribution in [3.8, 4) is 0 Å². The molecule has 0 amide bonds. The first-order chi connectivity index (χ1) is 10.5. The second-order valence-electron chi connectivity index (χ2n) is 5.67. The molecule has 122 valence electrons. The number of nitrogens with one attached hydrogen (secondary N) is 3. The van der Waals surface area contributed by atoms with Crippen molar-refractivity contribution in [2.24, 2.45) is 0 Å². The molecule has 2 heterocycles. The normalized spacial score (nSPS) is 11.1. The molecule has 0 radical (unpaired) electrons. The largest absolute Gasteiger partial charge is 1.00 e. The predicted molar refractivity (Wildman–Crippen MR) is 84.3 cm³/mol. The van der Waals surface area contributed by atoms with Crippen LogP contribution in [0.3, 0.4) is 0 Å². The van der Waals surface area contributed by atoms with E-state index in [-0.39, 0.29) is 23.6 Å². The van der Waals surface area contributed by atoms with Crippen LogP contribution in [0.4, 0.5) is 0 Å². The first-order valence-corrected chi connectivity index (χ1v) is 7.25. The Hall–Kier alpha value is -2.25. The van der Waals surface area contributed by atoms with E-state index in [1.807, 2.05) is 18.2 Å². The fourth-order valence-electron chi connectivity index (χ4n) is 2.52. The molecule has 7 nitrogen and oxygen atoms in total. The van der Waals surface area contributed by atoms with Crippen LogP contribution < -0.4 is 28.6 Å². The average molecular weight is 336 g/mol. The van der Waals surface area contributed by atoms with Crippen LogP contribution in [0.15, 0.2) is 27.8 Å². The van der Waals surface area contributed by atoms with Gasteiger partial charge in [-0.05, 0) is 18.1 Å². The third-order valence-corrected chi connectivity index (χ3v) is 3.58. The molecular formula is C15H18ClN5O2. The Morgan fingerprint density at radius 3 is 2.61 bits per heavy atom. The van der Waals surface area contributed by atoms with Crippen LogP contribution in [0.1, 0.15) is 12.0 Å². The van der Waals surface area contributed by atoms with Gasteiger partial charge in [-0.1, -0.05) is 12.1 Å². The van der Waals surface area contributed by atoms with Gasteiger partial charge in [0.05, 0.1) is 31.7 Å². The van der Waals surface area contributed by atoms with Crippen molar-refractivity contribution < 1.29 is 17.3 Å². The van der Waals surface area contributed by atoms with Crippen molar-refractivity contribution in [1.82, 2.24) is 19.9 Å². The monoisotopic (exact) mass is 335 g/mol. The van der Waals surface area contributed by atoms with Gasteiger partial charge in [0, 0.05) is 6.42 Å². The summed E-state index contributed by atoms with van der Waals surface area (Å²) in [5.74, 6) is 0. The summed E-state index contributed by atoms with van der Waals surface area (Å²) in [5.41, 5.74) is 1.78. The number of aromatic amines is 2. The molecule has 0 fully saturated rings. The van der Waals surface area contributed by atoms with Gasteiger partial charge in [-0.2, -0.15) is 0 Å². The SMILES string of the molecule is C[NH+](C)CCCc1cccc2nc3c(=O)[nH]c(=O)[nH]c3nc12.[Cl-]. The van der Waals surface area contributed by atoms with Crippen LogP contribution in [0.2, 0.25) is 0 Å². The lowest BCUT2D eigenvalue weighted by molar-refractivity contribution is -0.858. The van der Waals surface area contributed by atoms with Gasteiger partial charge in [-0.3, -0.25) is 14.8 Å². The van der Waals surface area contributed by atoms with Gasteiger partial charge in [0.25, 0.3) is 5.56 Å². The molecule has 3 aromatic rings. The van der Waals surface area contributed by atoms with Crippen molar-refractivity contribution >= 4 is 22.2 Å². The number of fused-ring (bicyclic) bond motifs is 2. The summed E-state index contributed by atoms with van der Waals surface area (Å²) in [6.07, 6.45) is 1.92. The van der Waals surface area contributed by atoms with Gasteiger partial charge in [0.1, 0.15) is 0 Å². The standard InChI is InChI=1S/C15H17N5O2.ClH/c1-20(2)8-4-6-9-5-3-7-10-11(9)17-13-12(16-10)14(21)19-15(22)18-13;/h3,5,7H,4,6,8H2,1-2H3,(H2,17,18,19,21,22);1H. The van der Waals surface area contributed by atoms with Crippen LogP contribution in [0, 0.1) is 0 Å². The van der Waals surface area contributed by atoms with Crippen LogP contribution in [-0.2, 0) is 6.42 Å². The summed E-state index contributed by atoms with van der Waals surface area (Å²) in [7, 11) is 4.24. The molecule has 0 spiro atoms. The van der Waals surface area contributed by atoms with E-state index in [1.165, 1.54) is 4.90 Å². The van der Waals surface area contributed by atoms with E-state index >= 15 is 0 Å². The second-order valence-corrected chi connectivity index (χ2v) is 5.67. The number of para-hydroxylation sites is 1. The molecule has 0 aliphatic rings. The highest BCUT2D eigenvalue weighted by Crippen LogP contribution is 2.17. The summed E-state index contributed by atoms with van der Waals surface area (Å²) < 4.78 is 0. The summed E-state index contributed by atoms with van der Waals surface area (Å²) >= 11 is 0. The summed E-state index contributed by atoms with van der Waals surface area (Å²) in [4.78, 5) is 38.1. The van der Waals surface area contributed by atoms with E-state index in [0.29, 0.717) is 5.52 Å². The smallest absolute Gasteiger partial charge is 0.327 e. The zero-order valence-corrected chi connectivity index (χ0v) is 13.7. The van der Waals surface area contributed by atoms with Crippen molar-refractivity contribution in [3.05, 3.63) is 44.6 Å². The fraction of sp³-hybridized carbons (Fsp3) is 0.333. The Bertz CT molecular complexity index is 948. The average Bonchev–Trinajstić information content (AvgIpc) is 2.45. The number of nitrogens with zero attached hydrogens (tertiary/aromatic N) is 2. The number of aryl methyl sites for hydroxylation is 1. The highest BCUT2D eigenvalue weighted by molar-refractivity contribution is 5.85. The van der Waals surface area contributed by atoms with E-state index < -0.39 is 11.2 Å². The van der Waals surface area contributed by atoms with Crippen molar-refractivity contribution in [1.29, 1.82) is 0 Å². The lowest BCUT2D eigenvalue weighted by Gasteiger charge is -2.08. The van der Waals surface area contributed by atoms with Crippen LogP contribution in [0.25, 0.3) is 22.2 Å². The van der Waals surface area contributed by atoms with Gasteiger partial charge in [-0.25, -0.2) is 14.8 Å². The van der Waals surface area contributed by atoms with Crippen LogP contribution >= 0.6 is 0 Å². The van der Waals surface area contributed by atoms with E-state index in [2.05, 4.69) is 34.0 Å². The number of benzene rings is 1. The molecule has 8 heteroatoms. The van der Waals surface area contributed by atoms with Crippen LogP contribution in [0.5, 0.6) is 0 Å². The number of halogens is 1. The molecule has 0 atom stereocenters. The number of quaternary nitrogens is 1. The third kappa shape index (κ3) is 3.57. The summed E-state index contributed by atoms with van der Waals surface area (Å²) in [5, 5.41) is 0. The number of rotatable bonds is 4. The lowest BCUT2D eigenvalue weighted by atomic mass is 10.1. The van der Waals surface area contributed by atoms with Crippen molar-refractivity contribution in [2.45, 2.75) is 12.8 Å². The molecule has 3 N–H and O–H groups in total. The number of hydrogen-bond acceptors (Lipinski definition) is 4. The molecule has 3 rings (SSSR count). The minimum absolute atomic E-state index is 0. The van der Waals surface area contributed by atoms with Crippen LogP contribution in [-0.4, -0.2) is 40.6 Å². The zero-order chi connectivity index (χ0) is 15.7. The van der Waals surface area contributed by atoms with Gasteiger partial charge in [0.2, 0.25) is 0 Å². The van der Waals surface area contributed by atoms with Gasteiger partial charge in [-0.15, -0.1) is 0 Å². The Morgan fingerprint density at radius 1 is 1.09 bits per heavy atom. The first-order valence-electron chi connectivity index (χ1n) is 7.25. The van der Waals surface area contributed by atoms with E-state index in [0.717, 1.165) is 30.5 Å². The number of aromatic nitrogens is 4. The van der Waals surface area contributed by atoms with Gasteiger partial charge >= 0.3 is 5.69 Å². The molecule has 23 heavy (non-hydrogen) atoms. The minimum atomic E-state index is -0.570. The van der Waals surface area contributed by atoms with Crippen molar-refractivity contribution in [2.75, 3.05) is 20.6 Å².